The van der Waals surface area contributed by atoms with Crippen LogP contribution in [0.2, 0.25) is 0 Å². The molecular weight excluding hydrogens is 426 g/mol. The Balaban J connectivity index is 1.68. The fraction of sp³-hybridized carbons (Fsp3) is 0.105. The third-order valence-electron chi connectivity index (χ3n) is 3.87. The molecule has 3 aromatic rings. The van der Waals surface area contributed by atoms with Crippen LogP contribution in [0.5, 0.6) is 11.5 Å². The number of ether oxygens (including phenoxy) is 2. The molecule has 11 heteroatoms. The molecule has 0 atom stereocenters. The molecule has 1 aromatic heterocycles. The molecule has 0 aliphatic heterocycles. The number of nitrogens with zero attached hydrogens (tertiary/aromatic N) is 2. The van der Waals surface area contributed by atoms with E-state index in [1.165, 1.54) is 24.5 Å². The van der Waals surface area contributed by atoms with Crippen molar-refractivity contribution in [2.24, 2.45) is 0 Å². The third-order valence-corrected chi connectivity index (χ3v) is 5.42. The Kier molecular flexibility index (Phi) is 6.65. The van der Waals surface area contributed by atoms with Crippen LogP contribution in [0.4, 0.5) is 17.3 Å². The summed E-state index contributed by atoms with van der Waals surface area (Å²) in [7, 11) is -0.687. The van der Waals surface area contributed by atoms with Gasteiger partial charge < -0.3 is 20.1 Å². The second-order valence-corrected chi connectivity index (χ2v) is 7.94. The molecule has 30 heavy (non-hydrogen) atoms. The Bertz CT molecular complexity index is 1120. The Morgan fingerprint density at radius 1 is 0.967 bits per heavy atom. The van der Waals surface area contributed by atoms with Crippen LogP contribution in [-0.4, -0.2) is 37.7 Å². The van der Waals surface area contributed by atoms with E-state index >= 15 is 0 Å². The van der Waals surface area contributed by atoms with Gasteiger partial charge in [0.1, 0.15) is 11.5 Å². The van der Waals surface area contributed by atoms with Gasteiger partial charge in [-0.25, -0.2) is 23.1 Å². The van der Waals surface area contributed by atoms with E-state index in [2.05, 4.69) is 25.3 Å². The fourth-order valence-corrected chi connectivity index (χ4v) is 3.63. The van der Waals surface area contributed by atoms with Gasteiger partial charge in [0.15, 0.2) is 5.11 Å². The molecule has 0 aliphatic carbocycles. The van der Waals surface area contributed by atoms with Gasteiger partial charge in [0.25, 0.3) is 10.0 Å². The van der Waals surface area contributed by atoms with Crippen LogP contribution in [0.15, 0.2) is 65.8 Å². The lowest BCUT2D eigenvalue weighted by Gasteiger charge is -2.14. The predicted molar refractivity (Wildman–Crippen MR) is 119 cm³/mol. The minimum absolute atomic E-state index is 0.00249. The minimum atomic E-state index is -3.81. The molecule has 9 nitrogen and oxygen atoms in total. The van der Waals surface area contributed by atoms with Crippen molar-refractivity contribution in [3.05, 3.63) is 60.9 Å². The molecule has 0 spiro atoms. The van der Waals surface area contributed by atoms with E-state index in [1.807, 2.05) is 0 Å². The van der Waals surface area contributed by atoms with E-state index in [1.54, 1.807) is 50.6 Å². The lowest BCUT2D eigenvalue weighted by atomic mass is 10.2. The molecule has 3 rings (SSSR count). The maximum atomic E-state index is 12.4. The van der Waals surface area contributed by atoms with Crippen molar-refractivity contribution in [2.45, 2.75) is 4.90 Å². The molecule has 1 heterocycles. The third kappa shape index (κ3) is 5.33. The average molecular weight is 446 g/mol. The highest BCUT2D eigenvalue weighted by Crippen LogP contribution is 2.29. The number of methoxy groups -OCH3 is 2. The highest BCUT2D eigenvalue weighted by Gasteiger charge is 2.15. The zero-order valence-corrected chi connectivity index (χ0v) is 17.8. The summed E-state index contributed by atoms with van der Waals surface area (Å²) in [6.07, 6.45) is 2.90. The zero-order chi connectivity index (χ0) is 21.6. The van der Waals surface area contributed by atoms with Crippen LogP contribution in [0, 0.1) is 0 Å². The summed E-state index contributed by atoms with van der Waals surface area (Å²) in [6.45, 7) is 0. The van der Waals surface area contributed by atoms with Gasteiger partial charge in [0, 0.05) is 24.1 Å². The van der Waals surface area contributed by atoms with Gasteiger partial charge in [-0.1, -0.05) is 0 Å². The van der Waals surface area contributed by atoms with Crippen LogP contribution in [0.25, 0.3) is 0 Å². The van der Waals surface area contributed by atoms with Crippen molar-refractivity contribution >= 4 is 44.7 Å². The minimum Gasteiger partial charge on any atom is -0.497 e. The summed E-state index contributed by atoms with van der Waals surface area (Å²) in [4.78, 5) is 7.77. The standard InChI is InChI=1S/C19H19N5O4S2/c1-27-14-6-9-17(28-2)16(12-14)23-19(29)22-13-4-7-15(8-5-13)30(25,26)24-18-20-10-3-11-21-18/h3-12H,1-2H3,(H,20,21,24)(H2,22,23,29). The second-order valence-electron chi connectivity index (χ2n) is 5.85. The molecular formula is C19H19N5O4S2. The molecule has 0 saturated carbocycles. The first-order valence-corrected chi connectivity index (χ1v) is 10.5. The smallest absolute Gasteiger partial charge is 0.264 e. The summed E-state index contributed by atoms with van der Waals surface area (Å²) >= 11 is 5.33. The van der Waals surface area contributed by atoms with Crippen LogP contribution < -0.4 is 24.8 Å². The number of hydrogen-bond acceptors (Lipinski definition) is 7. The first-order valence-electron chi connectivity index (χ1n) is 8.61. The molecule has 0 unspecified atom stereocenters. The Labute approximate surface area is 179 Å². The van der Waals surface area contributed by atoms with Crippen molar-refractivity contribution in [3.63, 3.8) is 0 Å². The van der Waals surface area contributed by atoms with Gasteiger partial charge in [-0.15, -0.1) is 0 Å². The number of anilines is 3. The van der Waals surface area contributed by atoms with E-state index in [-0.39, 0.29) is 10.8 Å². The van der Waals surface area contributed by atoms with Crippen molar-refractivity contribution < 1.29 is 17.9 Å². The van der Waals surface area contributed by atoms with E-state index < -0.39 is 10.0 Å². The molecule has 3 N–H and O–H groups in total. The molecule has 0 fully saturated rings. The van der Waals surface area contributed by atoms with Gasteiger partial charge in [0.05, 0.1) is 24.8 Å². The van der Waals surface area contributed by atoms with Crippen LogP contribution in [0.1, 0.15) is 0 Å². The number of benzene rings is 2. The lowest BCUT2D eigenvalue weighted by molar-refractivity contribution is 0.405. The number of rotatable bonds is 7. The topological polar surface area (TPSA) is 114 Å². The summed E-state index contributed by atoms with van der Waals surface area (Å²) in [5, 5.41) is 6.32. The monoisotopic (exact) mass is 445 g/mol. The largest absolute Gasteiger partial charge is 0.497 e. The SMILES string of the molecule is COc1ccc(OC)c(NC(=S)Nc2ccc(S(=O)(=O)Nc3ncccn3)cc2)c1. The lowest BCUT2D eigenvalue weighted by Crippen LogP contribution is -2.19. The Morgan fingerprint density at radius 3 is 2.30 bits per heavy atom. The molecule has 2 aromatic carbocycles. The molecule has 0 aliphatic rings. The maximum absolute atomic E-state index is 12.4. The molecule has 0 bridgehead atoms. The van der Waals surface area contributed by atoms with Gasteiger partial charge in [0.2, 0.25) is 5.95 Å². The van der Waals surface area contributed by atoms with Crippen molar-refractivity contribution in [3.8, 4) is 11.5 Å². The van der Waals surface area contributed by atoms with E-state index in [0.29, 0.717) is 28.0 Å². The van der Waals surface area contributed by atoms with Crippen molar-refractivity contribution in [2.75, 3.05) is 29.6 Å². The van der Waals surface area contributed by atoms with Crippen LogP contribution in [-0.2, 0) is 10.0 Å². The first-order chi connectivity index (χ1) is 14.4. The average Bonchev–Trinajstić information content (AvgIpc) is 2.74. The summed E-state index contributed by atoms with van der Waals surface area (Å²) in [6, 6.07) is 13.0. The van der Waals surface area contributed by atoms with E-state index in [9.17, 15) is 8.42 Å². The highest BCUT2D eigenvalue weighted by molar-refractivity contribution is 7.92. The van der Waals surface area contributed by atoms with Gasteiger partial charge in [-0.2, -0.15) is 0 Å². The van der Waals surface area contributed by atoms with Crippen molar-refractivity contribution in [1.82, 2.24) is 9.97 Å². The van der Waals surface area contributed by atoms with E-state index in [4.69, 9.17) is 21.7 Å². The summed E-state index contributed by atoms with van der Waals surface area (Å²) in [5.74, 6) is 1.23. The van der Waals surface area contributed by atoms with Crippen LogP contribution >= 0.6 is 12.2 Å². The van der Waals surface area contributed by atoms with Crippen molar-refractivity contribution in [1.29, 1.82) is 0 Å². The first kappa shape index (κ1) is 21.3. The van der Waals surface area contributed by atoms with E-state index in [0.717, 1.165) is 0 Å². The predicted octanol–water partition coefficient (Wildman–Crippen LogP) is 3.10. The molecule has 0 saturated heterocycles. The Morgan fingerprint density at radius 2 is 1.67 bits per heavy atom. The summed E-state index contributed by atoms with van der Waals surface area (Å²) in [5.41, 5.74) is 1.23. The maximum Gasteiger partial charge on any atom is 0.264 e. The van der Waals surface area contributed by atoms with Gasteiger partial charge in [-0.05, 0) is 54.7 Å². The number of aromatic nitrogens is 2. The Hall–Kier alpha value is -3.44. The number of nitrogens with one attached hydrogen (secondary N) is 3. The second kappa shape index (κ2) is 9.37. The highest BCUT2D eigenvalue weighted by atomic mass is 32.2. The molecule has 0 amide bonds. The van der Waals surface area contributed by atoms with Gasteiger partial charge >= 0.3 is 0 Å². The van der Waals surface area contributed by atoms with Gasteiger partial charge in [-0.3, -0.25) is 0 Å². The number of thiocarbonyl (C=S) groups is 1. The number of hydrogen-bond donors (Lipinski definition) is 3. The number of sulfonamides is 1. The summed E-state index contributed by atoms with van der Waals surface area (Å²) < 4.78 is 37.7. The zero-order valence-electron chi connectivity index (χ0n) is 16.1. The molecule has 156 valence electrons. The fourth-order valence-electron chi connectivity index (χ4n) is 2.44. The molecule has 0 radical (unpaired) electrons. The van der Waals surface area contributed by atoms with Crippen LogP contribution in [0.3, 0.4) is 0 Å². The quantitative estimate of drug-likeness (QED) is 0.472. The normalized spacial score (nSPS) is 10.7.